The number of nitrogens with zero attached hydrogens (tertiary/aromatic N) is 3. The number of aromatic nitrogens is 2. The highest BCUT2D eigenvalue weighted by Gasteiger charge is 2.27. The monoisotopic (exact) mass is 245 g/mol. The minimum absolute atomic E-state index is 0.257. The van der Waals surface area contributed by atoms with E-state index in [1.807, 2.05) is 12.4 Å². The van der Waals surface area contributed by atoms with Crippen LogP contribution in [-0.2, 0) is 4.79 Å². The number of Topliss-reactive ketones (excluding diaryl/α,β-unsaturated/α-hetero) is 1. The fourth-order valence-corrected chi connectivity index (χ4v) is 2.59. The molecule has 1 saturated carbocycles. The minimum Gasteiger partial charge on any atom is -0.369 e. The van der Waals surface area contributed by atoms with Crippen LogP contribution in [-0.4, -0.2) is 28.8 Å². The molecule has 0 bridgehead atoms. The maximum absolute atomic E-state index is 11.3. The molecule has 4 nitrogen and oxygen atoms in total. The number of ketones is 1. The molecular formula is C14H19N3O. The number of rotatable bonds is 3. The van der Waals surface area contributed by atoms with E-state index in [2.05, 4.69) is 14.9 Å². The van der Waals surface area contributed by atoms with Gasteiger partial charge in [0.15, 0.2) is 0 Å². The van der Waals surface area contributed by atoms with Crippen LogP contribution in [0, 0.1) is 5.92 Å². The van der Waals surface area contributed by atoms with Crippen molar-refractivity contribution in [3.05, 3.63) is 18.2 Å². The topological polar surface area (TPSA) is 46.1 Å². The Morgan fingerprint density at radius 2 is 1.78 bits per heavy atom. The van der Waals surface area contributed by atoms with Crippen LogP contribution < -0.4 is 4.90 Å². The van der Waals surface area contributed by atoms with E-state index in [1.54, 1.807) is 6.92 Å². The predicted molar refractivity (Wildman–Crippen MR) is 69.6 cm³/mol. The van der Waals surface area contributed by atoms with Crippen LogP contribution in [0.1, 0.15) is 44.3 Å². The molecule has 2 aliphatic rings. The maximum Gasteiger partial charge on any atom is 0.133 e. The summed E-state index contributed by atoms with van der Waals surface area (Å²) in [4.78, 5) is 22.5. The first-order valence-electron chi connectivity index (χ1n) is 6.81. The summed E-state index contributed by atoms with van der Waals surface area (Å²) in [6, 6.07) is 0. The summed E-state index contributed by atoms with van der Waals surface area (Å²) < 4.78 is 0. The maximum atomic E-state index is 11.3. The second-order valence-electron chi connectivity index (χ2n) is 5.45. The Morgan fingerprint density at radius 1 is 1.17 bits per heavy atom. The Bertz CT molecular complexity index is 431. The zero-order valence-electron chi connectivity index (χ0n) is 10.8. The molecule has 1 aliphatic carbocycles. The van der Waals surface area contributed by atoms with Gasteiger partial charge in [0.25, 0.3) is 0 Å². The van der Waals surface area contributed by atoms with Crippen molar-refractivity contribution in [3.63, 3.8) is 0 Å². The summed E-state index contributed by atoms with van der Waals surface area (Å²) >= 11 is 0. The second kappa shape index (κ2) is 4.67. The largest absolute Gasteiger partial charge is 0.369 e. The molecular weight excluding hydrogens is 226 g/mol. The van der Waals surface area contributed by atoms with Crippen molar-refractivity contribution in [2.24, 2.45) is 5.92 Å². The molecule has 2 heterocycles. The van der Waals surface area contributed by atoms with E-state index in [4.69, 9.17) is 0 Å². The second-order valence-corrected chi connectivity index (χ2v) is 5.45. The Labute approximate surface area is 107 Å². The minimum atomic E-state index is 0.257. The van der Waals surface area contributed by atoms with Gasteiger partial charge in [0.1, 0.15) is 11.6 Å². The molecule has 0 amide bonds. The number of piperidine rings is 1. The van der Waals surface area contributed by atoms with Crippen LogP contribution in [0.5, 0.6) is 0 Å². The van der Waals surface area contributed by atoms with E-state index in [9.17, 15) is 4.79 Å². The van der Waals surface area contributed by atoms with Crippen LogP contribution >= 0.6 is 0 Å². The third-order valence-electron chi connectivity index (χ3n) is 4.04. The van der Waals surface area contributed by atoms with Gasteiger partial charge in [-0.1, -0.05) is 0 Å². The Morgan fingerprint density at radius 3 is 2.28 bits per heavy atom. The Balaban J connectivity index is 1.63. The molecule has 4 heteroatoms. The number of hydrogen-bond acceptors (Lipinski definition) is 4. The highest BCUT2D eigenvalue weighted by molar-refractivity contribution is 5.78. The molecule has 0 aromatic carbocycles. The van der Waals surface area contributed by atoms with Crippen molar-refractivity contribution < 1.29 is 4.79 Å². The van der Waals surface area contributed by atoms with Crippen LogP contribution in [0.3, 0.4) is 0 Å². The fraction of sp³-hybridized carbons (Fsp3) is 0.643. The van der Waals surface area contributed by atoms with E-state index >= 15 is 0 Å². The van der Waals surface area contributed by atoms with E-state index in [0.29, 0.717) is 11.7 Å². The average Bonchev–Trinajstić information content (AvgIpc) is 3.23. The zero-order chi connectivity index (χ0) is 12.5. The first kappa shape index (κ1) is 11.6. The molecule has 0 radical (unpaired) electrons. The van der Waals surface area contributed by atoms with E-state index < -0.39 is 0 Å². The molecule has 0 N–H and O–H groups in total. The van der Waals surface area contributed by atoms with Crippen molar-refractivity contribution in [1.29, 1.82) is 0 Å². The first-order chi connectivity index (χ1) is 8.74. The van der Waals surface area contributed by atoms with Gasteiger partial charge in [-0.25, -0.2) is 9.97 Å². The predicted octanol–water partition coefficient (Wildman–Crippen LogP) is 2.16. The van der Waals surface area contributed by atoms with E-state index in [0.717, 1.165) is 37.4 Å². The SMILES string of the molecule is CC(=O)C1CCN(c2cnc(C3CC3)nc2)CC1. The zero-order valence-corrected chi connectivity index (χ0v) is 10.8. The van der Waals surface area contributed by atoms with Crippen LogP contribution in [0.4, 0.5) is 5.69 Å². The lowest BCUT2D eigenvalue weighted by Gasteiger charge is -2.32. The van der Waals surface area contributed by atoms with Crippen LogP contribution in [0.15, 0.2) is 12.4 Å². The van der Waals surface area contributed by atoms with Crippen LogP contribution in [0.25, 0.3) is 0 Å². The first-order valence-corrected chi connectivity index (χ1v) is 6.81. The highest BCUT2D eigenvalue weighted by atomic mass is 16.1. The van der Waals surface area contributed by atoms with Gasteiger partial charge >= 0.3 is 0 Å². The lowest BCUT2D eigenvalue weighted by molar-refractivity contribution is -0.121. The van der Waals surface area contributed by atoms with Crippen molar-refractivity contribution in [1.82, 2.24) is 9.97 Å². The number of anilines is 1. The summed E-state index contributed by atoms with van der Waals surface area (Å²) in [5, 5.41) is 0. The lowest BCUT2D eigenvalue weighted by atomic mass is 9.93. The summed E-state index contributed by atoms with van der Waals surface area (Å²) in [6.07, 6.45) is 8.27. The molecule has 18 heavy (non-hydrogen) atoms. The van der Waals surface area contributed by atoms with E-state index in [-0.39, 0.29) is 5.92 Å². The van der Waals surface area contributed by atoms with Gasteiger partial charge in [-0.2, -0.15) is 0 Å². The number of carbonyl (C=O) groups is 1. The van der Waals surface area contributed by atoms with Crippen molar-refractivity contribution >= 4 is 11.5 Å². The Kier molecular flexibility index (Phi) is 3.02. The van der Waals surface area contributed by atoms with Gasteiger partial charge in [-0.15, -0.1) is 0 Å². The lowest BCUT2D eigenvalue weighted by Crippen LogP contribution is -2.35. The summed E-state index contributed by atoms with van der Waals surface area (Å²) in [7, 11) is 0. The summed E-state index contributed by atoms with van der Waals surface area (Å²) in [5.74, 6) is 2.20. The standard InChI is InChI=1S/C14H19N3O/c1-10(18)11-4-6-17(7-5-11)13-8-15-14(16-9-13)12-2-3-12/h8-9,11-12H,2-7H2,1H3. The van der Waals surface area contributed by atoms with Crippen LogP contribution in [0.2, 0.25) is 0 Å². The number of carbonyl (C=O) groups excluding carboxylic acids is 1. The normalized spacial score (nSPS) is 21.1. The molecule has 1 aromatic heterocycles. The van der Waals surface area contributed by atoms with E-state index in [1.165, 1.54) is 12.8 Å². The van der Waals surface area contributed by atoms with Crippen molar-refractivity contribution in [2.45, 2.75) is 38.5 Å². The highest BCUT2D eigenvalue weighted by Crippen LogP contribution is 2.38. The molecule has 96 valence electrons. The van der Waals surface area contributed by atoms with Crippen molar-refractivity contribution in [3.8, 4) is 0 Å². The third-order valence-corrected chi connectivity index (χ3v) is 4.04. The fourth-order valence-electron chi connectivity index (χ4n) is 2.59. The smallest absolute Gasteiger partial charge is 0.133 e. The van der Waals surface area contributed by atoms with Gasteiger partial charge in [-0.3, -0.25) is 4.79 Å². The van der Waals surface area contributed by atoms with Crippen molar-refractivity contribution in [2.75, 3.05) is 18.0 Å². The summed E-state index contributed by atoms with van der Waals surface area (Å²) in [5.41, 5.74) is 1.10. The average molecular weight is 245 g/mol. The molecule has 0 atom stereocenters. The molecule has 3 rings (SSSR count). The number of hydrogen-bond donors (Lipinski definition) is 0. The molecule has 0 unspecified atom stereocenters. The van der Waals surface area contributed by atoms with Gasteiger partial charge in [0.2, 0.25) is 0 Å². The molecule has 1 saturated heterocycles. The van der Waals surface area contributed by atoms with Gasteiger partial charge in [0.05, 0.1) is 18.1 Å². The molecule has 0 spiro atoms. The summed E-state index contributed by atoms with van der Waals surface area (Å²) in [6.45, 7) is 3.58. The molecule has 1 aromatic rings. The van der Waals surface area contributed by atoms with Gasteiger partial charge in [0, 0.05) is 24.9 Å². The quantitative estimate of drug-likeness (QED) is 0.818. The molecule has 1 aliphatic heterocycles. The third kappa shape index (κ3) is 2.37. The Hall–Kier alpha value is -1.45. The molecule has 2 fully saturated rings. The van der Waals surface area contributed by atoms with Gasteiger partial charge in [-0.05, 0) is 32.6 Å². The van der Waals surface area contributed by atoms with Gasteiger partial charge < -0.3 is 4.90 Å².